The maximum Gasteiger partial charge on any atom is 0.240 e. The first-order valence-electron chi connectivity index (χ1n) is 4.63. The van der Waals surface area contributed by atoms with Crippen molar-refractivity contribution < 1.29 is 8.42 Å². The summed E-state index contributed by atoms with van der Waals surface area (Å²) in [5.41, 5.74) is 0. The van der Waals surface area contributed by atoms with Crippen LogP contribution in [0.25, 0.3) is 0 Å². The highest BCUT2D eigenvalue weighted by molar-refractivity contribution is 7.89. The van der Waals surface area contributed by atoms with Gasteiger partial charge in [0.1, 0.15) is 0 Å². The van der Waals surface area contributed by atoms with Crippen LogP contribution in [0, 0.1) is 0 Å². The number of hydrogen-bond donors (Lipinski definition) is 1. The largest absolute Gasteiger partial charge is 0.240 e. The van der Waals surface area contributed by atoms with Gasteiger partial charge in [0.2, 0.25) is 10.0 Å². The number of benzene rings is 1. The summed E-state index contributed by atoms with van der Waals surface area (Å²) >= 11 is 0. The first-order valence-corrected chi connectivity index (χ1v) is 6.12. The lowest BCUT2D eigenvalue weighted by atomic mass is 10.3. The molecule has 0 aliphatic heterocycles. The lowest BCUT2D eigenvalue weighted by Gasteiger charge is -2.11. The van der Waals surface area contributed by atoms with E-state index in [-0.39, 0.29) is 6.04 Å². The van der Waals surface area contributed by atoms with Gasteiger partial charge in [-0.15, -0.1) is 0 Å². The number of rotatable bonds is 4. The van der Waals surface area contributed by atoms with Crippen LogP contribution in [-0.4, -0.2) is 14.5 Å². The van der Waals surface area contributed by atoms with Crippen molar-refractivity contribution in [2.45, 2.75) is 31.2 Å². The Balaban J connectivity index is 2.87. The zero-order valence-electron chi connectivity index (χ0n) is 8.40. The van der Waals surface area contributed by atoms with Gasteiger partial charge in [0, 0.05) is 6.04 Å². The number of hydrogen-bond acceptors (Lipinski definition) is 2. The molecule has 0 radical (unpaired) electrons. The molecule has 4 heteroatoms. The second kappa shape index (κ2) is 4.57. The molecule has 1 aromatic rings. The third kappa shape index (κ3) is 2.82. The van der Waals surface area contributed by atoms with E-state index in [4.69, 9.17) is 0 Å². The van der Waals surface area contributed by atoms with Crippen molar-refractivity contribution in [2.75, 3.05) is 0 Å². The molecule has 3 nitrogen and oxygen atoms in total. The van der Waals surface area contributed by atoms with Crippen molar-refractivity contribution in [3.8, 4) is 0 Å². The molecule has 0 heterocycles. The Morgan fingerprint density at radius 2 is 1.86 bits per heavy atom. The summed E-state index contributed by atoms with van der Waals surface area (Å²) in [4.78, 5) is 0.320. The molecule has 0 amide bonds. The average molecular weight is 213 g/mol. The summed E-state index contributed by atoms with van der Waals surface area (Å²) in [6.07, 6.45) is 0.784. The smallest absolute Gasteiger partial charge is 0.208 e. The minimum absolute atomic E-state index is 0.0276. The standard InChI is InChI=1S/C10H15NO2S/c1-3-9(2)11-14(12,13)10-7-5-4-6-8-10/h4-9,11H,3H2,1-2H3/t9-/m1/s1. The molecule has 1 N–H and O–H groups in total. The summed E-state index contributed by atoms with van der Waals surface area (Å²) in [6, 6.07) is 8.37. The van der Waals surface area contributed by atoms with E-state index >= 15 is 0 Å². The Bertz CT molecular complexity index is 372. The van der Waals surface area contributed by atoms with E-state index in [0.29, 0.717) is 4.90 Å². The van der Waals surface area contributed by atoms with Gasteiger partial charge in [-0.3, -0.25) is 0 Å². The van der Waals surface area contributed by atoms with Crippen molar-refractivity contribution in [3.05, 3.63) is 30.3 Å². The monoisotopic (exact) mass is 213 g/mol. The zero-order chi connectivity index (χ0) is 10.6. The fourth-order valence-corrected chi connectivity index (χ4v) is 2.36. The highest BCUT2D eigenvalue weighted by Crippen LogP contribution is 2.08. The molecule has 0 bridgehead atoms. The van der Waals surface area contributed by atoms with E-state index in [1.165, 1.54) is 0 Å². The average Bonchev–Trinajstić information content (AvgIpc) is 2.18. The summed E-state index contributed by atoms with van der Waals surface area (Å²) in [5.74, 6) is 0. The first kappa shape index (κ1) is 11.2. The van der Waals surface area contributed by atoms with Crippen LogP contribution in [0.4, 0.5) is 0 Å². The van der Waals surface area contributed by atoms with E-state index in [1.807, 2.05) is 13.8 Å². The maximum atomic E-state index is 11.7. The normalized spacial score (nSPS) is 13.9. The molecule has 0 unspecified atom stereocenters. The van der Waals surface area contributed by atoms with Crippen molar-refractivity contribution in [1.82, 2.24) is 4.72 Å². The molecule has 0 aliphatic rings. The molecule has 0 saturated carbocycles. The Morgan fingerprint density at radius 3 is 2.36 bits per heavy atom. The Kier molecular flexibility index (Phi) is 3.66. The third-order valence-corrected chi connectivity index (χ3v) is 3.63. The fraction of sp³-hybridized carbons (Fsp3) is 0.400. The van der Waals surface area contributed by atoms with Crippen LogP contribution in [0.5, 0.6) is 0 Å². The predicted octanol–water partition coefficient (Wildman–Crippen LogP) is 1.76. The first-order chi connectivity index (χ1) is 6.56. The van der Waals surface area contributed by atoms with Crippen molar-refractivity contribution in [3.63, 3.8) is 0 Å². The number of sulfonamides is 1. The summed E-state index contributed by atoms with van der Waals surface area (Å²) in [5, 5.41) is 0. The van der Waals surface area contributed by atoms with E-state index in [2.05, 4.69) is 4.72 Å². The molecule has 0 fully saturated rings. The predicted molar refractivity (Wildman–Crippen MR) is 56.5 cm³/mol. The zero-order valence-corrected chi connectivity index (χ0v) is 9.21. The summed E-state index contributed by atoms with van der Waals surface area (Å²) < 4.78 is 26.0. The van der Waals surface area contributed by atoms with E-state index < -0.39 is 10.0 Å². The number of nitrogens with one attached hydrogen (secondary N) is 1. The van der Waals surface area contributed by atoms with Gasteiger partial charge < -0.3 is 0 Å². The minimum Gasteiger partial charge on any atom is -0.208 e. The molecular formula is C10H15NO2S. The molecule has 0 spiro atoms. The van der Waals surface area contributed by atoms with E-state index in [9.17, 15) is 8.42 Å². The molecule has 1 rings (SSSR count). The van der Waals surface area contributed by atoms with Crippen LogP contribution in [0.2, 0.25) is 0 Å². The third-order valence-electron chi connectivity index (χ3n) is 2.02. The molecule has 78 valence electrons. The highest BCUT2D eigenvalue weighted by atomic mass is 32.2. The Labute approximate surface area is 85.2 Å². The lowest BCUT2D eigenvalue weighted by molar-refractivity contribution is 0.556. The lowest BCUT2D eigenvalue weighted by Crippen LogP contribution is -2.31. The SMILES string of the molecule is CC[C@@H](C)NS(=O)(=O)c1ccccc1. The van der Waals surface area contributed by atoms with Crippen molar-refractivity contribution >= 4 is 10.0 Å². The topological polar surface area (TPSA) is 46.2 Å². The van der Waals surface area contributed by atoms with Gasteiger partial charge in [-0.1, -0.05) is 25.1 Å². The van der Waals surface area contributed by atoms with Gasteiger partial charge >= 0.3 is 0 Å². The fourth-order valence-electron chi connectivity index (χ4n) is 1.02. The van der Waals surface area contributed by atoms with Crippen LogP contribution in [0.3, 0.4) is 0 Å². The van der Waals surface area contributed by atoms with Crippen LogP contribution in [-0.2, 0) is 10.0 Å². The molecule has 1 aromatic carbocycles. The van der Waals surface area contributed by atoms with Gasteiger partial charge in [-0.05, 0) is 25.5 Å². The molecule has 14 heavy (non-hydrogen) atoms. The molecule has 0 saturated heterocycles. The van der Waals surface area contributed by atoms with Gasteiger partial charge in [-0.2, -0.15) is 0 Å². The minimum atomic E-state index is -3.32. The molecular weight excluding hydrogens is 198 g/mol. The quantitative estimate of drug-likeness (QED) is 0.828. The Morgan fingerprint density at radius 1 is 1.29 bits per heavy atom. The molecule has 0 aliphatic carbocycles. The van der Waals surface area contributed by atoms with Crippen LogP contribution in [0.1, 0.15) is 20.3 Å². The Hall–Kier alpha value is -0.870. The van der Waals surface area contributed by atoms with Crippen molar-refractivity contribution in [1.29, 1.82) is 0 Å². The summed E-state index contributed by atoms with van der Waals surface area (Å²) in [7, 11) is -3.32. The second-order valence-electron chi connectivity index (χ2n) is 3.24. The van der Waals surface area contributed by atoms with Crippen molar-refractivity contribution in [2.24, 2.45) is 0 Å². The van der Waals surface area contributed by atoms with E-state index in [1.54, 1.807) is 30.3 Å². The second-order valence-corrected chi connectivity index (χ2v) is 4.96. The van der Waals surface area contributed by atoms with Gasteiger partial charge in [0.15, 0.2) is 0 Å². The molecule has 0 aromatic heterocycles. The van der Waals surface area contributed by atoms with E-state index in [0.717, 1.165) is 6.42 Å². The van der Waals surface area contributed by atoms with Gasteiger partial charge in [0.25, 0.3) is 0 Å². The van der Waals surface area contributed by atoms with Gasteiger partial charge in [-0.25, -0.2) is 13.1 Å². The van der Waals surface area contributed by atoms with Crippen LogP contribution in [0.15, 0.2) is 35.2 Å². The van der Waals surface area contributed by atoms with Gasteiger partial charge in [0.05, 0.1) is 4.90 Å². The maximum absolute atomic E-state index is 11.7. The molecule has 1 atom stereocenters. The van der Waals surface area contributed by atoms with Crippen LogP contribution < -0.4 is 4.72 Å². The van der Waals surface area contributed by atoms with Crippen LogP contribution >= 0.6 is 0 Å². The highest BCUT2D eigenvalue weighted by Gasteiger charge is 2.15. The summed E-state index contributed by atoms with van der Waals surface area (Å²) in [6.45, 7) is 3.79.